The molecule has 4 heteroatoms. The van der Waals surface area contributed by atoms with Crippen molar-refractivity contribution >= 4 is 21.7 Å². The molecule has 96 valence electrons. The van der Waals surface area contributed by atoms with E-state index in [2.05, 4.69) is 6.92 Å². The number of rotatable bonds is 4. The molecule has 18 heavy (non-hydrogen) atoms. The Hall–Kier alpha value is -1.42. The lowest BCUT2D eigenvalue weighted by Gasteiger charge is -2.08. The fourth-order valence-corrected chi connectivity index (χ4v) is 3.32. The zero-order chi connectivity index (χ0) is 13.1. The van der Waals surface area contributed by atoms with Crippen molar-refractivity contribution in [3.8, 4) is 0 Å². The molecule has 0 saturated heterocycles. The molecule has 1 aromatic carbocycles. The van der Waals surface area contributed by atoms with E-state index in [1.807, 2.05) is 29.8 Å². The number of hydrogen-bond donors (Lipinski definition) is 0. The minimum Gasteiger partial charge on any atom is -0.349 e. The van der Waals surface area contributed by atoms with Crippen LogP contribution < -0.4 is 5.43 Å². The Morgan fingerprint density at radius 2 is 2.00 bits per heavy atom. The second-order valence-electron chi connectivity index (χ2n) is 4.35. The fraction of sp³-hybridized carbons (Fsp3) is 0.357. The highest BCUT2D eigenvalue weighted by molar-refractivity contribution is 7.85. The lowest BCUT2D eigenvalue weighted by molar-refractivity contribution is 0.678. The van der Waals surface area contributed by atoms with Crippen LogP contribution in [0.25, 0.3) is 10.9 Å². The van der Waals surface area contributed by atoms with Crippen molar-refractivity contribution in [1.82, 2.24) is 4.57 Å². The maximum Gasteiger partial charge on any atom is 0.205 e. The molecule has 0 aliphatic carbocycles. The third-order valence-corrected chi connectivity index (χ3v) is 4.43. The number of para-hydroxylation sites is 1. The van der Waals surface area contributed by atoms with Gasteiger partial charge in [0.2, 0.25) is 5.43 Å². The van der Waals surface area contributed by atoms with Crippen LogP contribution in [0.2, 0.25) is 0 Å². The van der Waals surface area contributed by atoms with Crippen LogP contribution in [0.3, 0.4) is 0 Å². The molecule has 0 saturated carbocycles. The van der Waals surface area contributed by atoms with Crippen LogP contribution in [-0.2, 0) is 17.8 Å². The number of pyridine rings is 1. The molecule has 0 bridgehead atoms. The van der Waals surface area contributed by atoms with E-state index in [9.17, 15) is 9.00 Å². The lowest BCUT2D eigenvalue weighted by atomic mass is 10.2. The van der Waals surface area contributed by atoms with Gasteiger partial charge in [-0.3, -0.25) is 9.00 Å². The summed E-state index contributed by atoms with van der Waals surface area (Å²) in [5, 5.41) is 0.641. The molecule has 0 aliphatic heterocycles. The van der Waals surface area contributed by atoms with Crippen LogP contribution >= 0.6 is 0 Å². The number of hydrogen-bond acceptors (Lipinski definition) is 2. The molecule has 2 rings (SSSR count). The average Bonchev–Trinajstić information content (AvgIpc) is 2.40. The smallest absolute Gasteiger partial charge is 0.205 e. The van der Waals surface area contributed by atoms with Gasteiger partial charge in [0.05, 0.1) is 16.3 Å². The summed E-state index contributed by atoms with van der Waals surface area (Å²) in [6.45, 7) is 2.05. The Balaban J connectivity index is 2.56. The molecule has 3 nitrogen and oxygen atoms in total. The molecular weight excluding hydrogens is 246 g/mol. The van der Waals surface area contributed by atoms with Crippen LogP contribution in [0, 0.1) is 0 Å². The Morgan fingerprint density at radius 1 is 1.28 bits per heavy atom. The van der Waals surface area contributed by atoms with Crippen LogP contribution in [0.4, 0.5) is 0 Å². The summed E-state index contributed by atoms with van der Waals surface area (Å²) >= 11 is 0. The van der Waals surface area contributed by atoms with Crippen molar-refractivity contribution in [2.75, 3.05) is 5.75 Å². The number of nitrogens with zero attached hydrogens (tertiary/aromatic N) is 1. The number of fused-ring (bicyclic) bond motifs is 1. The molecule has 0 aliphatic rings. The SMILES string of the molecule is CCCCS(=O)c1cn(C)c2ccccc2c1=O. The van der Waals surface area contributed by atoms with E-state index in [0.29, 0.717) is 16.0 Å². The zero-order valence-corrected chi connectivity index (χ0v) is 11.5. The minimum absolute atomic E-state index is 0.0989. The topological polar surface area (TPSA) is 39.1 Å². The molecule has 0 radical (unpaired) electrons. The van der Waals surface area contributed by atoms with E-state index in [0.717, 1.165) is 18.4 Å². The number of aryl methyl sites for hydroxylation is 1. The van der Waals surface area contributed by atoms with Crippen molar-refractivity contribution in [2.24, 2.45) is 7.05 Å². The second kappa shape index (κ2) is 5.48. The molecular formula is C14H17NO2S. The van der Waals surface area contributed by atoms with E-state index in [-0.39, 0.29) is 5.43 Å². The van der Waals surface area contributed by atoms with Crippen molar-refractivity contribution < 1.29 is 4.21 Å². The molecule has 2 aromatic rings. The standard InChI is InChI=1S/C14H17NO2S/c1-3-4-9-18(17)13-10-15(2)12-8-6-5-7-11(12)14(13)16/h5-8,10H,3-4,9H2,1-2H3. The summed E-state index contributed by atoms with van der Waals surface area (Å²) in [7, 11) is 0.683. The first-order valence-electron chi connectivity index (χ1n) is 6.12. The van der Waals surface area contributed by atoms with Gasteiger partial charge in [-0.05, 0) is 18.6 Å². The highest BCUT2D eigenvalue weighted by Crippen LogP contribution is 2.12. The molecule has 0 spiro atoms. The Bertz CT molecular complexity index is 646. The quantitative estimate of drug-likeness (QED) is 0.850. The van der Waals surface area contributed by atoms with Gasteiger partial charge in [-0.25, -0.2) is 0 Å². The Kier molecular flexibility index (Phi) is 3.97. The van der Waals surface area contributed by atoms with Gasteiger partial charge in [0, 0.05) is 24.4 Å². The maximum absolute atomic E-state index is 12.3. The van der Waals surface area contributed by atoms with Gasteiger partial charge in [-0.15, -0.1) is 0 Å². The van der Waals surface area contributed by atoms with Crippen LogP contribution in [0.1, 0.15) is 19.8 Å². The molecule has 1 unspecified atom stereocenters. The summed E-state index contributed by atoms with van der Waals surface area (Å²) in [5.41, 5.74) is 0.775. The Morgan fingerprint density at radius 3 is 2.72 bits per heavy atom. The molecule has 0 N–H and O–H groups in total. The van der Waals surface area contributed by atoms with E-state index >= 15 is 0 Å². The van der Waals surface area contributed by atoms with Crippen LogP contribution in [0.5, 0.6) is 0 Å². The van der Waals surface area contributed by atoms with Gasteiger partial charge >= 0.3 is 0 Å². The largest absolute Gasteiger partial charge is 0.349 e. The van der Waals surface area contributed by atoms with Crippen molar-refractivity contribution in [2.45, 2.75) is 24.7 Å². The zero-order valence-electron chi connectivity index (χ0n) is 10.7. The first kappa shape index (κ1) is 13.0. The number of aromatic nitrogens is 1. The summed E-state index contributed by atoms with van der Waals surface area (Å²) in [6.07, 6.45) is 3.57. The van der Waals surface area contributed by atoms with Crippen molar-refractivity contribution in [3.05, 3.63) is 40.7 Å². The van der Waals surface area contributed by atoms with E-state index < -0.39 is 10.8 Å². The van der Waals surface area contributed by atoms with Gasteiger partial charge in [-0.2, -0.15) is 0 Å². The molecule has 0 fully saturated rings. The van der Waals surface area contributed by atoms with E-state index in [4.69, 9.17) is 0 Å². The van der Waals surface area contributed by atoms with Gasteiger partial charge in [0.25, 0.3) is 0 Å². The van der Waals surface area contributed by atoms with E-state index in [1.54, 1.807) is 12.3 Å². The second-order valence-corrected chi connectivity index (χ2v) is 5.89. The van der Waals surface area contributed by atoms with E-state index in [1.165, 1.54) is 0 Å². The van der Waals surface area contributed by atoms with Gasteiger partial charge < -0.3 is 4.57 Å². The molecule has 1 heterocycles. The van der Waals surface area contributed by atoms with Gasteiger partial charge in [0.15, 0.2) is 0 Å². The van der Waals surface area contributed by atoms with Crippen LogP contribution in [0.15, 0.2) is 40.2 Å². The predicted molar refractivity (Wildman–Crippen MR) is 75.4 cm³/mol. The molecule has 1 atom stereocenters. The average molecular weight is 263 g/mol. The summed E-state index contributed by atoms with van der Waals surface area (Å²) in [5.74, 6) is 0.560. The predicted octanol–water partition coefficient (Wildman–Crippen LogP) is 2.45. The van der Waals surface area contributed by atoms with Gasteiger partial charge in [0.1, 0.15) is 4.90 Å². The van der Waals surface area contributed by atoms with Crippen LogP contribution in [-0.4, -0.2) is 14.5 Å². The van der Waals surface area contributed by atoms with Crippen molar-refractivity contribution in [3.63, 3.8) is 0 Å². The maximum atomic E-state index is 12.3. The normalized spacial score (nSPS) is 12.8. The van der Waals surface area contributed by atoms with Gasteiger partial charge in [-0.1, -0.05) is 25.5 Å². The third kappa shape index (κ3) is 2.38. The number of benzene rings is 1. The highest BCUT2D eigenvalue weighted by Gasteiger charge is 2.12. The minimum atomic E-state index is -1.19. The molecule has 0 amide bonds. The lowest BCUT2D eigenvalue weighted by Crippen LogP contribution is -2.16. The first-order valence-corrected chi connectivity index (χ1v) is 7.43. The third-order valence-electron chi connectivity index (χ3n) is 2.99. The summed E-state index contributed by atoms with van der Waals surface area (Å²) < 4.78 is 14.0. The number of unbranched alkanes of at least 4 members (excludes halogenated alkanes) is 1. The summed E-state index contributed by atoms with van der Waals surface area (Å²) in [6, 6.07) is 7.42. The fourth-order valence-electron chi connectivity index (χ4n) is 1.96. The summed E-state index contributed by atoms with van der Waals surface area (Å²) in [4.78, 5) is 12.7. The van der Waals surface area contributed by atoms with Crippen molar-refractivity contribution in [1.29, 1.82) is 0 Å². The monoisotopic (exact) mass is 263 g/mol. The Labute approximate surface area is 109 Å². The first-order chi connectivity index (χ1) is 8.65. The highest BCUT2D eigenvalue weighted by atomic mass is 32.2. The molecule has 1 aromatic heterocycles.